The van der Waals surface area contributed by atoms with E-state index in [0.717, 1.165) is 49.4 Å². The van der Waals surface area contributed by atoms with Gasteiger partial charge in [-0.25, -0.2) is 0 Å². The number of ether oxygens (including phenoxy) is 2. The van der Waals surface area contributed by atoms with Crippen molar-refractivity contribution in [2.75, 3.05) is 40.9 Å². The van der Waals surface area contributed by atoms with Gasteiger partial charge >= 0.3 is 0 Å². The van der Waals surface area contributed by atoms with E-state index < -0.39 is 0 Å². The summed E-state index contributed by atoms with van der Waals surface area (Å²) in [7, 11) is 5.32. The monoisotopic (exact) mass is 306 g/mol. The van der Waals surface area contributed by atoms with Gasteiger partial charge in [0.1, 0.15) is 0 Å². The average Bonchev–Trinajstić information content (AvgIpc) is 2.54. The number of likely N-dealkylation sites (tertiary alicyclic amines) is 1. The summed E-state index contributed by atoms with van der Waals surface area (Å²) in [6, 6.07) is 5.85. The molecule has 0 spiro atoms. The van der Waals surface area contributed by atoms with Crippen molar-refractivity contribution >= 4 is 5.91 Å². The predicted molar refractivity (Wildman–Crippen MR) is 86.5 cm³/mol. The minimum Gasteiger partial charge on any atom is -0.493 e. The van der Waals surface area contributed by atoms with Gasteiger partial charge in [0.05, 0.1) is 20.1 Å². The predicted octanol–water partition coefficient (Wildman–Crippen LogP) is 1.70. The maximum absolute atomic E-state index is 12.2. The Kier molecular flexibility index (Phi) is 6.07. The molecule has 1 aromatic carbocycles. The van der Waals surface area contributed by atoms with Gasteiger partial charge in [-0.05, 0) is 50.6 Å². The van der Waals surface area contributed by atoms with E-state index in [0.29, 0.717) is 6.54 Å². The molecule has 0 bridgehead atoms. The summed E-state index contributed by atoms with van der Waals surface area (Å²) in [5.74, 6) is 1.75. The number of piperidine rings is 1. The Balaban J connectivity index is 1.82. The number of carbonyl (C=O) groups excluding carboxylic acids is 1. The molecule has 1 unspecified atom stereocenters. The van der Waals surface area contributed by atoms with Crippen molar-refractivity contribution in [1.82, 2.24) is 10.2 Å². The molecule has 1 aliphatic heterocycles. The Morgan fingerprint density at radius 1 is 1.32 bits per heavy atom. The quantitative estimate of drug-likeness (QED) is 0.869. The number of hydrogen-bond donors (Lipinski definition) is 1. The number of amides is 1. The minimum absolute atomic E-state index is 0.129. The number of nitrogens with zero attached hydrogens (tertiary/aromatic N) is 1. The van der Waals surface area contributed by atoms with Crippen LogP contribution >= 0.6 is 0 Å². The molecule has 122 valence electrons. The summed E-state index contributed by atoms with van der Waals surface area (Å²) in [4.78, 5) is 14.4. The van der Waals surface area contributed by atoms with Crippen LogP contribution in [0.2, 0.25) is 0 Å². The third-order valence-corrected chi connectivity index (χ3v) is 4.16. The van der Waals surface area contributed by atoms with Gasteiger partial charge in [-0.2, -0.15) is 0 Å². The van der Waals surface area contributed by atoms with E-state index >= 15 is 0 Å². The number of hydrogen-bond acceptors (Lipinski definition) is 4. The van der Waals surface area contributed by atoms with E-state index in [9.17, 15) is 4.79 Å². The summed E-state index contributed by atoms with van der Waals surface area (Å²) in [5.41, 5.74) is 1.12. The average molecular weight is 306 g/mol. The Morgan fingerprint density at radius 2 is 2.09 bits per heavy atom. The lowest BCUT2D eigenvalue weighted by atomic mass is 9.97. The van der Waals surface area contributed by atoms with Gasteiger partial charge in [0.25, 0.3) is 0 Å². The molecule has 1 atom stereocenters. The summed E-state index contributed by atoms with van der Waals surface area (Å²) < 4.78 is 10.5. The van der Waals surface area contributed by atoms with Crippen LogP contribution in [0.3, 0.4) is 0 Å². The van der Waals surface area contributed by atoms with Crippen LogP contribution in [-0.2, 0) is 11.2 Å². The van der Waals surface area contributed by atoms with Crippen molar-refractivity contribution in [2.24, 2.45) is 5.92 Å². The molecule has 1 heterocycles. The van der Waals surface area contributed by atoms with Crippen LogP contribution in [0.15, 0.2) is 18.2 Å². The molecular formula is C17H26N2O3. The van der Waals surface area contributed by atoms with Crippen molar-refractivity contribution in [3.8, 4) is 11.5 Å². The van der Waals surface area contributed by atoms with E-state index in [1.54, 1.807) is 14.2 Å². The fourth-order valence-electron chi connectivity index (χ4n) is 2.89. The second kappa shape index (κ2) is 8.03. The molecule has 0 radical (unpaired) electrons. The first kappa shape index (κ1) is 16.6. The normalized spacial score (nSPS) is 18.8. The zero-order chi connectivity index (χ0) is 15.9. The van der Waals surface area contributed by atoms with E-state index in [1.165, 1.54) is 0 Å². The third-order valence-electron chi connectivity index (χ3n) is 4.16. The summed E-state index contributed by atoms with van der Waals surface area (Å²) in [5, 5.41) is 3.05. The zero-order valence-electron chi connectivity index (χ0n) is 13.7. The second-order valence-electron chi connectivity index (χ2n) is 5.83. The molecule has 1 N–H and O–H groups in total. The van der Waals surface area contributed by atoms with Crippen LogP contribution in [-0.4, -0.2) is 51.7 Å². The first-order chi connectivity index (χ1) is 10.6. The first-order valence-corrected chi connectivity index (χ1v) is 7.81. The summed E-state index contributed by atoms with van der Waals surface area (Å²) >= 11 is 0. The molecule has 1 aliphatic rings. The number of rotatable bonds is 6. The van der Waals surface area contributed by atoms with Gasteiger partial charge in [0.2, 0.25) is 5.91 Å². The number of carbonyl (C=O) groups is 1. The highest BCUT2D eigenvalue weighted by atomic mass is 16.5. The molecular weight excluding hydrogens is 280 g/mol. The maximum atomic E-state index is 12.2. The van der Waals surface area contributed by atoms with Gasteiger partial charge in [0.15, 0.2) is 11.5 Å². The molecule has 0 aliphatic carbocycles. The topological polar surface area (TPSA) is 50.8 Å². The van der Waals surface area contributed by atoms with E-state index in [1.807, 2.05) is 18.2 Å². The summed E-state index contributed by atoms with van der Waals surface area (Å²) in [6.45, 7) is 2.60. The molecule has 0 aromatic heterocycles. The Bertz CT molecular complexity index is 505. The smallest absolute Gasteiger partial charge is 0.224 e. The Morgan fingerprint density at radius 3 is 2.77 bits per heavy atom. The van der Waals surface area contributed by atoms with Crippen LogP contribution in [0.1, 0.15) is 18.4 Å². The van der Waals surface area contributed by atoms with Crippen LogP contribution in [0.25, 0.3) is 0 Å². The number of methoxy groups -OCH3 is 2. The molecule has 2 rings (SSSR count). The number of nitrogens with one attached hydrogen (secondary N) is 1. The summed E-state index contributed by atoms with van der Waals surface area (Å²) in [6.07, 6.45) is 2.88. The lowest BCUT2D eigenvalue weighted by Crippen LogP contribution is -2.41. The highest BCUT2D eigenvalue weighted by molar-refractivity contribution is 5.78. The molecule has 1 amide bonds. The van der Waals surface area contributed by atoms with Crippen molar-refractivity contribution in [3.05, 3.63) is 23.8 Å². The van der Waals surface area contributed by atoms with E-state index in [4.69, 9.17) is 9.47 Å². The fraction of sp³-hybridized carbons (Fsp3) is 0.588. The zero-order valence-corrected chi connectivity index (χ0v) is 13.7. The van der Waals surface area contributed by atoms with Gasteiger partial charge in [0, 0.05) is 13.1 Å². The van der Waals surface area contributed by atoms with E-state index in [-0.39, 0.29) is 11.8 Å². The third kappa shape index (κ3) is 4.37. The van der Waals surface area contributed by atoms with Crippen LogP contribution < -0.4 is 14.8 Å². The van der Waals surface area contributed by atoms with Crippen LogP contribution in [0, 0.1) is 5.92 Å². The Hall–Kier alpha value is -1.75. The number of benzene rings is 1. The second-order valence-corrected chi connectivity index (χ2v) is 5.83. The molecule has 22 heavy (non-hydrogen) atoms. The molecule has 5 nitrogen and oxygen atoms in total. The molecule has 1 saturated heterocycles. The molecule has 1 fully saturated rings. The standard InChI is InChI=1S/C17H26N2O3/c1-19-10-4-5-14(12-19)17(20)18-9-8-13-6-7-15(21-2)16(11-13)22-3/h6-7,11,14H,4-5,8-10,12H2,1-3H3,(H,18,20). The van der Waals surface area contributed by atoms with Crippen molar-refractivity contribution in [3.63, 3.8) is 0 Å². The van der Waals surface area contributed by atoms with Crippen molar-refractivity contribution in [1.29, 1.82) is 0 Å². The van der Waals surface area contributed by atoms with Gasteiger partial charge in [-0.15, -0.1) is 0 Å². The SMILES string of the molecule is COc1ccc(CCNC(=O)C2CCCN(C)C2)cc1OC. The van der Waals surface area contributed by atoms with Crippen molar-refractivity contribution in [2.45, 2.75) is 19.3 Å². The molecule has 0 saturated carbocycles. The van der Waals surface area contributed by atoms with Gasteiger partial charge in [-0.3, -0.25) is 4.79 Å². The minimum atomic E-state index is 0.129. The molecule has 5 heteroatoms. The van der Waals surface area contributed by atoms with Gasteiger partial charge in [-0.1, -0.05) is 6.07 Å². The lowest BCUT2D eigenvalue weighted by molar-refractivity contribution is -0.126. The largest absolute Gasteiger partial charge is 0.493 e. The highest BCUT2D eigenvalue weighted by Gasteiger charge is 2.23. The Labute approximate surface area is 132 Å². The lowest BCUT2D eigenvalue weighted by Gasteiger charge is -2.28. The fourth-order valence-corrected chi connectivity index (χ4v) is 2.89. The van der Waals surface area contributed by atoms with Crippen LogP contribution in [0.5, 0.6) is 11.5 Å². The molecule has 1 aromatic rings. The van der Waals surface area contributed by atoms with E-state index in [2.05, 4.69) is 17.3 Å². The van der Waals surface area contributed by atoms with Crippen LogP contribution in [0.4, 0.5) is 0 Å². The highest BCUT2D eigenvalue weighted by Crippen LogP contribution is 2.27. The first-order valence-electron chi connectivity index (χ1n) is 7.81. The van der Waals surface area contributed by atoms with Gasteiger partial charge < -0.3 is 19.7 Å². The van der Waals surface area contributed by atoms with Crippen molar-refractivity contribution < 1.29 is 14.3 Å². The maximum Gasteiger partial charge on any atom is 0.224 e.